The second-order valence-electron chi connectivity index (χ2n) is 7.32. The molecule has 128 valence electrons. The smallest absolute Gasteiger partial charge is 0.259 e. The number of carbonyl (C=O) groups is 1. The minimum Gasteiger partial charge on any atom is -0.335 e. The van der Waals surface area contributed by atoms with Gasteiger partial charge in [0.25, 0.3) is 11.6 Å². The summed E-state index contributed by atoms with van der Waals surface area (Å²) in [6, 6.07) is 2.17. The van der Waals surface area contributed by atoms with Crippen molar-refractivity contribution in [1.82, 2.24) is 20.4 Å². The van der Waals surface area contributed by atoms with Gasteiger partial charge in [-0.3, -0.25) is 4.79 Å². The Morgan fingerprint density at radius 3 is 2.88 bits per heavy atom. The van der Waals surface area contributed by atoms with Gasteiger partial charge in [-0.25, -0.2) is 4.98 Å². The van der Waals surface area contributed by atoms with Crippen LogP contribution in [0.4, 0.5) is 0 Å². The molecule has 2 fully saturated rings. The maximum absolute atomic E-state index is 13.3. The summed E-state index contributed by atoms with van der Waals surface area (Å²) in [5, 5.41) is 8.33. The molecular weight excluding hydrogens is 304 g/mol. The quantitative estimate of drug-likeness (QED) is 0.938. The van der Waals surface area contributed by atoms with Gasteiger partial charge in [0, 0.05) is 37.3 Å². The molecule has 1 aliphatic heterocycles. The van der Waals surface area contributed by atoms with Gasteiger partial charge in [0.1, 0.15) is 0 Å². The molecule has 6 heteroatoms. The van der Waals surface area contributed by atoms with Crippen LogP contribution in [0.3, 0.4) is 0 Å². The lowest BCUT2D eigenvalue weighted by Crippen LogP contribution is -2.52. The summed E-state index contributed by atoms with van der Waals surface area (Å²) in [6.07, 6.45) is 2.28. The van der Waals surface area contributed by atoms with Gasteiger partial charge in [-0.05, 0) is 31.7 Å². The van der Waals surface area contributed by atoms with Crippen molar-refractivity contribution < 1.29 is 9.32 Å². The Morgan fingerprint density at radius 1 is 1.42 bits per heavy atom. The van der Waals surface area contributed by atoms with E-state index in [1.54, 1.807) is 0 Å². The van der Waals surface area contributed by atoms with E-state index in [-0.39, 0.29) is 17.9 Å². The first-order chi connectivity index (χ1) is 11.6. The van der Waals surface area contributed by atoms with E-state index < -0.39 is 0 Å². The van der Waals surface area contributed by atoms with Gasteiger partial charge in [0.15, 0.2) is 0 Å². The molecule has 1 aliphatic carbocycles. The Balaban J connectivity index is 1.84. The normalized spacial score (nSPS) is 21.7. The number of amides is 1. The number of piperazine rings is 1. The van der Waals surface area contributed by atoms with Gasteiger partial charge < -0.3 is 14.7 Å². The van der Waals surface area contributed by atoms with E-state index in [1.807, 2.05) is 11.0 Å². The molecule has 0 radical (unpaired) electrons. The molecule has 0 unspecified atom stereocenters. The Labute approximate surface area is 141 Å². The molecule has 4 rings (SSSR count). The zero-order chi connectivity index (χ0) is 16.8. The summed E-state index contributed by atoms with van der Waals surface area (Å²) in [5.41, 5.74) is 3.01. The largest absolute Gasteiger partial charge is 0.335 e. The van der Waals surface area contributed by atoms with E-state index in [0.29, 0.717) is 17.2 Å². The molecule has 1 saturated carbocycles. The molecule has 24 heavy (non-hydrogen) atoms. The van der Waals surface area contributed by atoms with Crippen molar-refractivity contribution in [3.05, 3.63) is 23.0 Å². The second-order valence-corrected chi connectivity index (χ2v) is 7.32. The van der Waals surface area contributed by atoms with Crippen LogP contribution in [0.25, 0.3) is 11.1 Å². The summed E-state index contributed by atoms with van der Waals surface area (Å²) < 4.78 is 5.49. The Morgan fingerprint density at radius 2 is 2.21 bits per heavy atom. The van der Waals surface area contributed by atoms with Crippen LogP contribution >= 0.6 is 0 Å². The van der Waals surface area contributed by atoms with E-state index in [0.717, 1.165) is 49.2 Å². The summed E-state index contributed by atoms with van der Waals surface area (Å²) in [4.78, 5) is 19.9. The van der Waals surface area contributed by atoms with Gasteiger partial charge in [0.05, 0.1) is 16.6 Å². The SMILES string of the molecule is CC(C)c1noc2nc(C3CC3)cc(C(=O)N3CCNC[C@@H]3C)c12. The molecule has 3 heterocycles. The van der Waals surface area contributed by atoms with Crippen LogP contribution in [0, 0.1) is 0 Å². The third-order valence-corrected chi connectivity index (χ3v) is 5.03. The third-order valence-electron chi connectivity index (χ3n) is 5.03. The molecule has 0 aromatic carbocycles. The minimum atomic E-state index is 0.0726. The number of hydrogen-bond acceptors (Lipinski definition) is 5. The Kier molecular flexibility index (Phi) is 3.79. The zero-order valence-corrected chi connectivity index (χ0v) is 14.5. The highest BCUT2D eigenvalue weighted by molar-refractivity contribution is 6.06. The topological polar surface area (TPSA) is 71.3 Å². The number of rotatable bonds is 3. The van der Waals surface area contributed by atoms with E-state index in [4.69, 9.17) is 4.52 Å². The summed E-state index contributed by atoms with van der Waals surface area (Å²) in [7, 11) is 0. The lowest BCUT2D eigenvalue weighted by Gasteiger charge is -2.34. The summed E-state index contributed by atoms with van der Waals surface area (Å²) >= 11 is 0. The van der Waals surface area contributed by atoms with Crippen LogP contribution < -0.4 is 5.32 Å². The average Bonchev–Trinajstić information content (AvgIpc) is 3.32. The fourth-order valence-electron chi connectivity index (χ4n) is 3.44. The predicted octanol–water partition coefficient (Wildman–Crippen LogP) is 2.66. The van der Waals surface area contributed by atoms with Gasteiger partial charge in [-0.15, -0.1) is 0 Å². The van der Waals surface area contributed by atoms with Crippen molar-refractivity contribution in [2.75, 3.05) is 19.6 Å². The number of carbonyl (C=O) groups excluding carboxylic acids is 1. The van der Waals surface area contributed by atoms with Crippen molar-refractivity contribution in [1.29, 1.82) is 0 Å². The molecule has 2 aliphatic rings. The number of aromatic nitrogens is 2. The molecule has 2 aromatic rings. The van der Waals surface area contributed by atoms with E-state index in [1.165, 1.54) is 0 Å². The molecular formula is C18H24N4O2. The van der Waals surface area contributed by atoms with Crippen LogP contribution in [-0.2, 0) is 0 Å². The monoisotopic (exact) mass is 328 g/mol. The van der Waals surface area contributed by atoms with Crippen molar-refractivity contribution in [2.45, 2.75) is 51.5 Å². The van der Waals surface area contributed by atoms with Gasteiger partial charge in [-0.1, -0.05) is 19.0 Å². The van der Waals surface area contributed by atoms with Crippen molar-refractivity contribution >= 4 is 17.0 Å². The lowest BCUT2D eigenvalue weighted by atomic mass is 10.0. The van der Waals surface area contributed by atoms with Crippen molar-refractivity contribution in [3.8, 4) is 0 Å². The number of fused-ring (bicyclic) bond motifs is 1. The first kappa shape index (κ1) is 15.6. The Bertz CT molecular complexity index is 779. The zero-order valence-electron chi connectivity index (χ0n) is 14.5. The highest BCUT2D eigenvalue weighted by atomic mass is 16.5. The van der Waals surface area contributed by atoms with Crippen LogP contribution in [0.1, 0.15) is 67.2 Å². The molecule has 2 aromatic heterocycles. The average molecular weight is 328 g/mol. The molecule has 1 saturated heterocycles. The van der Waals surface area contributed by atoms with Gasteiger partial charge in [-0.2, -0.15) is 0 Å². The van der Waals surface area contributed by atoms with Crippen LogP contribution in [0.2, 0.25) is 0 Å². The van der Waals surface area contributed by atoms with Crippen LogP contribution in [0.15, 0.2) is 10.6 Å². The summed E-state index contributed by atoms with van der Waals surface area (Å²) in [6.45, 7) is 8.60. The Hall–Kier alpha value is -1.95. The predicted molar refractivity (Wildman–Crippen MR) is 91.2 cm³/mol. The number of nitrogens with one attached hydrogen (secondary N) is 1. The molecule has 1 atom stereocenters. The molecule has 6 nitrogen and oxygen atoms in total. The molecule has 0 bridgehead atoms. The van der Waals surface area contributed by atoms with Crippen LogP contribution in [0.5, 0.6) is 0 Å². The fraction of sp³-hybridized carbons (Fsp3) is 0.611. The molecule has 1 N–H and O–H groups in total. The van der Waals surface area contributed by atoms with Crippen molar-refractivity contribution in [2.24, 2.45) is 0 Å². The highest BCUT2D eigenvalue weighted by Crippen LogP contribution is 2.41. The first-order valence-electron chi connectivity index (χ1n) is 8.88. The standard InChI is InChI=1S/C18H24N4O2/c1-10(2)16-15-13(18(23)22-7-6-19-9-11(22)3)8-14(12-4-5-12)20-17(15)24-21-16/h8,10-12,19H,4-7,9H2,1-3H3/t11-/m0/s1. The fourth-order valence-corrected chi connectivity index (χ4v) is 3.44. The maximum Gasteiger partial charge on any atom is 0.259 e. The van der Waals surface area contributed by atoms with Crippen molar-refractivity contribution in [3.63, 3.8) is 0 Å². The van der Waals surface area contributed by atoms with Crippen LogP contribution in [-0.4, -0.2) is 46.6 Å². The maximum atomic E-state index is 13.3. The number of nitrogens with zero attached hydrogens (tertiary/aromatic N) is 3. The van der Waals surface area contributed by atoms with Gasteiger partial charge >= 0.3 is 0 Å². The third kappa shape index (κ3) is 2.59. The van der Waals surface area contributed by atoms with E-state index in [2.05, 4.69) is 36.2 Å². The lowest BCUT2D eigenvalue weighted by molar-refractivity contribution is 0.0657. The summed E-state index contributed by atoms with van der Waals surface area (Å²) in [5.74, 6) is 0.726. The first-order valence-corrected chi connectivity index (χ1v) is 8.88. The van der Waals surface area contributed by atoms with Gasteiger partial charge in [0.2, 0.25) is 0 Å². The molecule has 0 spiro atoms. The highest BCUT2D eigenvalue weighted by Gasteiger charge is 2.32. The molecule has 1 amide bonds. The second kappa shape index (κ2) is 5.84. The number of pyridine rings is 1. The minimum absolute atomic E-state index is 0.0726. The van der Waals surface area contributed by atoms with E-state index in [9.17, 15) is 4.79 Å². The van der Waals surface area contributed by atoms with E-state index >= 15 is 0 Å². The number of hydrogen-bond donors (Lipinski definition) is 1.